The van der Waals surface area contributed by atoms with Crippen LogP contribution in [0.2, 0.25) is 0 Å². The van der Waals surface area contributed by atoms with Gasteiger partial charge in [-0.15, -0.1) is 0 Å². The summed E-state index contributed by atoms with van der Waals surface area (Å²) in [5.74, 6) is 1.41. The van der Waals surface area contributed by atoms with Crippen LogP contribution in [0.25, 0.3) is 17.2 Å². The Morgan fingerprint density at radius 3 is 2.54 bits per heavy atom. The van der Waals surface area contributed by atoms with E-state index in [1.807, 2.05) is 6.20 Å². The molecule has 0 saturated heterocycles. The van der Waals surface area contributed by atoms with Crippen molar-refractivity contribution in [3.05, 3.63) is 59.7 Å². The largest absolute Gasteiger partial charge is 0.299 e. The molecule has 1 aliphatic carbocycles. The fraction of sp³-hybridized carbons (Fsp3) is 0.440. The second-order valence-corrected chi connectivity index (χ2v) is 8.50. The number of Topliss-reactive ketones (excluding diaryl/α,β-unsaturated/α-hetero) is 1. The molecule has 1 aliphatic rings. The lowest BCUT2D eigenvalue weighted by Gasteiger charge is -2.23. The van der Waals surface area contributed by atoms with Gasteiger partial charge in [0, 0.05) is 24.1 Å². The number of aromatic nitrogens is 1. The number of pyridine rings is 1. The van der Waals surface area contributed by atoms with Gasteiger partial charge in [-0.3, -0.25) is 9.78 Å². The highest BCUT2D eigenvalue weighted by molar-refractivity contribution is 5.81. The van der Waals surface area contributed by atoms with Crippen LogP contribution in [0.15, 0.2) is 42.6 Å². The third kappa shape index (κ3) is 4.76. The predicted octanol–water partition coefficient (Wildman–Crippen LogP) is 6.35. The number of ketones is 1. The van der Waals surface area contributed by atoms with Gasteiger partial charge in [-0.05, 0) is 66.0 Å². The van der Waals surface area contributed by atoms with Crippen molar-refractivity contribution in [1.29, 1.82) is 0 Å². The van der Waals surface area contributed by atoms with Crippen molar-refractivity contribution in [2.75, 3.05) is 0 Å². The second kappa shape index (κ2) is 8.81. The summed E-state index contributed by atoms with van der Waals surface area (Å²) >= 11 is 0. The predicted molar refractivity (Wildman–Crippen MR) is 113 cm³/mol. The third-order valence-electron chi connectivity index (χ3n) is 6.30. The van der Waals surface area contributed by atoms with Crippen molar-refractivity contribution < 1.29 is 9.18 Å². The molecule has 0 fully saturated rings. The van der Waals surface area contributed by atoms with Gasteiger partial charge in [-0.1, -0.05) is 45.9 Å². The summed E-state index contributed by atoms with van der Waals surface area (Å²) in [6.07, 6.45) is 8.51. The van der Waals surface area contributed by atoms with Crippen molar-refractivity contribution in [2.24, 2.45) is 23.7 Å². The van der Waals surface area contributed by atoms with Crippen molar-refractivity contribution in [1.82, 2.24) is 4.98 Å². The van der Waals surface area contributed by atoms with E-state index in [0.29, 0.717) is 24.0 Å². The number of halogens is 1. The first-order valence-corrected chi connectivity index (χ1v) is 10.3. The molecule has 0 aliphatic heterocycles. The van der Waals surface area contributed by atoms with Gasteiger partial charge >= 0.3 is 0 Å². The number of allylic oxidation sites excluding steroid dienone is 1. The number of carbonyl (C=O) groups is 1. The smallest absolute Gasteiger partial charge is 0.136 e. The Morgan fingerprint density at radius 2 is 1.86 bits per heavy atom. The highest BCUT2D eigenvalue weighted by Crippen LogP contribution is 2.29. The molecular weight excluding hydrogens is 349 g/mol. The van der Waals surface area contributed by atoms with Gasteiger partial charge in [0.25, 0.3) is 0 Å². The van der Waals surface area contributed by atoms with E-state index in [4.69, 9.17) is 0 Å². The lowest BCUT2D eigenvalue weighted by atomic mass is 9.80. The summed E-state index contributed by atoms with van der Waals surface area (Å²) in [5, 5.41) is 0. The molecular formula is C25H30FNO. The zero-order chi connectivity index (χ0) is 20.3. The van der Waals surface area contributed by atoms with Crippen LogP contribution in [-0.2, 0) is 11.2 Å². The van der Waals surface area contributed by atoms with Gasteiger partial charge in [-0.25, -0.2) is 4.39 Å². The first-order valence-electron chi connectivity index (χ1n) is 10.3. The van der Waals surface area contributed by atoms with E-state index in [1.165, 1.54) is 17.7 Å². The molecule has 3 heteroatoms. The maximum Gasteiger partial charge on any atom is 0.136 e. The molecule has 0 amide bonds. The van der Waals surface area contributed by atoms with Gasteiger partial charge in [0.1, 0.15) is 11.6 Å². The minimum Gasteiger partial charge on any atom is -0.299 e. The monoisotopic (exact) mass is 379 g/mol. The molecule has 3 atom stereocenters. The number of hydrogen-bond acceptors (Lipinski definition) is 2. The van der Waals surface area contributed by atoms with Gasteiger partial charge < -0.3 is 0 Å². The Hall–Kier alpha value is -2.29. The Morgan fingerprint density at radius 1 is 1.14 bits per heavy atom. The molecule has 1 aromatic carbocycles. The van der Waals surface area contributed by atoms with Crippen LogP contribution in [0.3, 0.4) is 0 Å². The Bertz CT molecular complexity index is 853. The molecule has 1 heterocycles. The quantitative estimate of drug-likeness (QED) is 0.585. The number of rotatable bonds is 6. The molecule has 0 saturated carbocycles. The van der Waals surface area contributed by atoms with Crippen LogP contribution in [0.1, 0.15) is 51.8 Å². The molecule has 3 rings (SSSR count). The van der Waals surface area contributed by atoms with E-state index in [-0.39, 0.29) is 17.7 Å². The van der Waals surface area contributed by atoms with Gasteiger partial charge in [-0.2, -0.15) is 0 Å². The van der Waals surface area contributed by atoms with Crippen LogP contribution in [0, 0.1) is 29.5 Å². The number of hydrogen-bond donors (Lipinski definition) is 0. The number of aryl methyl sites for hydroxylation is 1. The Balaban J connectivity index is 1.69. The molecule has 2 aromatic rings. The van der Waals surface area contributed by atoms with E-state index in [2.05, 4.69) is 50.9 Å². The molecule has 1 aromatic heterocycles. The molecule has 0 N–H and O–H groups in total. The average molecular weight is 380 g/mol. The first kappa shape index (κ1) is 20.4. The van der Waals surface area contributed by atoms with Crippen LogP contribution in [0.4, 0.5) is 4.39 Å². The fourth-order valence-corrected chi connectivity index (χ4v) is 3.82. The molecule has 0 spiro atoms. The molecule has 0 bridgehead atoms. The molecule has 148 valence electrons. The maximum absolute atomic E-state index is 13.2. The van der Waals surface area contributed by atoms with E-state index in [9.17, 15) is 9.18 Å². The number of carbonyl (C=O) groups excluding carboxylic acids is 1. The van der Waals surface area contributed by atoms with Gasteiger partial charge in [0.2, 0.25) is 0 Å². The van der Waals surface area contributed by atoms with Crippen LogP contribution in [-0.4, -0.2) is 10.8 Å². The van der Waals surface area contributed by atoms with E-state index in [0.717, 1.165) is 29.7 Å². The summed E-state index contributed by atoms with van der Waals surface area (Å²) < 4.78 is 13.2. The summed E-state index contributed by atoms with van der Waals surface area (Å²) in [7, 11) is 0. The zero-order valence-corrected chi connectivity index (χ0v) is 17.3. The van der Waals surface area contributed by atoms with Crippen LogP contribution >= 0.6 is 0 Å². The number of benzene rings is 1. The van der Waals surface area contributed by atoms with E-state index < -0.39 is 0 Å². The van der Waals surface area contributed by atoms with Crippen LogP contribution in [0.5, 0.6) is 0 Å². The molecule has 28 heavy (non-hydrogen) atoms. The normalized spacial score (nSPS) is 18.4. The summed E-state index contributed by atoms with van der Waals surface area (Å²) in [4.78, 5) is 17.3. The standard InChI is InChI=1S/C25H30FNO/c1-16(2)17(3)18(4)25(28)13-19-5-7-21-14-22(15-27-24(21)12-6-19)20-8-10-23(26)11-9-20/h6,8-12,14-19H,5,7,13H2,1-4H3. The summed E-state index contributed by atoms with van der Waals surface area (Å²) in [6, 6.07) is 8.66. The average Bonchev–Trinajstić information content (AvgIpc) is 2.89. The minimum absolute atomic E-state index is 0.0993. The Labute approximate surface area is 167 Å². The summed E-state index contributed by atoms with van der Waals surface area (Å²) in [5.41, 5.74) is 4.13. The molecule has 0 radical (unpaired) electrons. The van der Waals surface area contributed by atoms with Crippen molar-refractivity contribution in [3.63, 3.8) is 0 Å². The van der Waals surface area contributed by atoms with Crippen LogP contribution < -0.4 is 0 Å². The highest BCUT2D eigenvalue weighted by atomic mass is 19.1. The highest BCUT2D eigenvalue weighted by Gasteiger charge is 2.25. The fourth-order valence-electron chi connectivity index (χ4n) is 3.82. The molecule has 3 unspecified atom stereocenters. The first-order chi connectivity index (χ1) is 13.3. The Kier molecular flexibility index (Phi) is 6.43. The van der Waals surface area contributed by atoms with Gasteiger partial charge in [0.05, 0.1) is 5.69 Å². The summed E-state index contributed by atoms with van der Waals surface area (Å²) in [6.45, 7) is 8.60. The van der Waals surface area contributed by atoms with E-state index in [1.54, 1.807) is 12.1 Å². The number of nitrogens with zero attached hydrogens (tertiary/aromatic N) is 1. The second-order valence-electron chi connectivity index (χ2n) is 8.50. The lowest BCUT2D eigenvalue weighted by molar-refractivity contribution is -0.124. The molecule has 2 nitrogen and oxygen atoms in total. The SMILES string of the molecule is CC(C)C(C)C(C)C(=O)CC1C=Cc2ncc(-c3ccc(F)cc3)cc2CC1. The maximum atomic E-state index is 13.2. The van der Waals surface area contributed by atoms with Crippen molar-refractivity contribution in [2.45, 2.75) is 47.0 Å². The number of fused-ring (bicyclic) bond motifs is 1. The lowest BCUT2D eigenvalue weighted by Crippen LogP contribution is -2.24. The van der Waals surface area contributed by atoms with Crippen molar-refractivity contribution >= 4 is 11.9 Å². The topological polar surface area (TPSA) is 30.0 Å². The van der Waals surface area contributed by atoms with Gasteiger partial charge in [0.15, 0.2) is 0 Å². The zero-order valence-electron chi connectivity index (χ0n) is 17.3. The van der Waals surface area contributed by atoms with E-state index >= 15 is 0 Å². The third-order valence-corrected chi connectivity index (χ3v) is 6.30. The minimum atomic E-state index is -0.233. The van der Waals surface area contributed by atoms with Crippen molar-refractivity contribution in [3.8, 4) is 11.1 Å².